The van der Waals surface area contributed by atoms with E-state index < -0.39 is 0 Å². The Kier molecular flexibility index (Phi) is 6.92. The Hall–Kier alpha value is -4.22. The first kappa shape index (κ1) is 23.5. The summed E-state index contributed by atoms with van der Waals surface area (Å²) in [4.78, 5) is 35.2. The molecule has 1 aliphatic heterocycles. The van der Waals surface area contributed by atoms with E-state index in [-0.39, 0.29) is 29.4 Å². The zero-order valence-corrected chi connectivity index (χ0v) is 20.1. The molecule has 10 nitrogen and oxygen atoms in total. The van der Waals surface area contributed by atoms with Gasteiger partial charge in [-0.2, -0.15) is 0 Å². The van der Waals surface area contributed by atoms with E-state index in [1.54, 1.807) is 36.5 Å². The van der Waals surface area contributed by atoms with Gasteiger partial charge in [-0.15, -0.1) is 5.10 Å². The highest BCUT2D eigenvalue weighted by Crippen LogP contribution is 2.24. The maximum atomic E-state index is 12.8. The van der Waals surface area contributed by atoms with Crippen molar-refractivity contribution in [3.05, 3.63) is 72.2 Å². The number of hydrogen-bond donors (Lipinski definition) is 4. The number of carbonyl (C=O) groups excluding carboxylic acids is 2. The third-order valence-electron chi connectivity index (χ3n) is 5.86. The van der Waals surface area contributed by atoms with Gasteiger partial charge in [0, 0.05) is 29.4 Å². The molecule has 2 aromatic heterocycles. The van der Waals surface area contributed by atoms with Gasteiger partial charge in [0.1, 0.15) is 0 Å². The lowest BCUT2D eigenvalue weighted by Crippen LogP contribution is -2.46. The number of amides is 2. The average molecular weight is 501 g/mol. The van der Waals surface area contributed by atoms with Crippen molar-refractivity contribution in [1.82, 2.24) is 30.2 Å². The minimum absolute atomic E-state index is 0.0300. The first-order valence-corrected chi connectivity index (χ1v) is 12.3. The van der Waals surface area contributed by atoms with Crippen molar-refractivity contribution in [3.8, 4) is 21.7 Å². The van der Waals surface area contributed by atoms with E-state index in [1.165, 1.54) is 17.7 Å². The van der Waals surface area contributed by atoms with Crippen LogP contribution in [0.3, 0.4) is 0 Å². The zero-order chi connectivity index (χ0) is 24.9. The molecule has 1 saturated heterocycles. The highest BCUT2D eigenvalue weighted by Gasteiger charge is 2.20. The van der Waals surface area contributed by atoms with Crippen LogP contribution in [0.25, 0.3) is 21.7 Å². The molecule has 2 aromatic carbocycles. The Labute approximate surface area is 211 Å². The molecule has 2 amide bonds. The number of rotatable bonds is 6. The fourth-order valence-electron chi connectivity index (χ4n) is 3.97. The third kappa shape index (κ3) is 5.37. The highest BCUT2D eigenvalue weighted by atomic mass is 32.1. The van der Waals surface area contributed by atoms with Crippen molar-refractivity contribution in [2.45, 2.75) is 18.9 Å². The normalized spacial score (nSPS) is 15.3. The van der Waals surface area contributed by atoms with Crippen molar-refractivity contribution < 1.29 is 9.59 Å². The number of aromatic nitrogens is 4. The summed E-state index contributed by atoms with van der Waals surface area (Å²) in [5.41, 5.74) is 9.28. The van der Waals surface area contributed by atoms with Crippen LogP contribution in [0.2, 0.25) is 0 Å². The van der Waals surface area contributed by atoms with E-state index in [9.17, 15) is 9.59 Å². The molecule has 4 aromatic rings. The van der Waals surface area contributed by atoms with Gasteiger partial charge in [-0.1, -0.05) is 28.8 Å². The number of nitrogen functional groups attached to an aromatic ring is 1. The third-order valence-corrected chi connectivity index (χ3v) is 6.57. The van der Waals surface area contributed by atoms with E-state index in [4.69, 9.17) is 5.73 Å². The van der Waals surface area contributed by atoms with E-state index in [2.05, 4.69) is 35.5 Å². The van der Waals surface area contributed by atoms with Crippen molar-refractivity contribution in [1.29, 1.82) is 0 Å². The number of nitrogens with two attached hydrogens (primary N) is 1. The van der Waals surface area contributed by atoms with Gasteiger partial charge < -0.3 is 21.7 Å². The minimum atomic E-state index is -0.349. The molecule has 11 heteroatoms. The van der Waals surface area contributed by atoms with E-state index in [0.29, 0.717) is 29.1 Å². The Balaban J connectivity index is 1.30. The molecule has 1 aliphatic rings. The number of hydrogen-bond acceptors (Lipinski definition) is 9. The van der Waals surface area contributed by atoms with Crippen LogP contribution in [-0.4, -0.2) is 50.5 Å². The van der Waals surface area contributed by atoms with Crippen LogP contribution in [0.4, 0.5) is 11.5 Å². The molecule has 1 atom stereocenters. The summed E-state index contributed by atoms with van der Waals surface area (Å²) in [6.45, 7) is 1.66. The van der Waals surface area contributed by atoms with Crippen LogP contribution < -0.4 is 21.7 Å². The monoisotopic (exact) mass is 500 g/mol. The van der Waals surface area contributed by atoms with Gasteiger partial charge in [-0.25, -0.2) is 9.97 Å². The van der Waals surface area contributed by atoms with Gasteiger partial charge in [0.25, 0.3) is 11.8 Å². The molecule has 5 rings (SSSR count). The second-order valence-corrected chi connectivity index (χ2v) is 9.19. The topological polar surface area (TPSA) is 148 Å². The Morgan fingerprint density at radius 1 is 1.06 bits per heavy atom. The molecule has 3 heterocycles. The average Bonchev–Trinajstić information content (AvgIpc) is 3.45. The number of benzene rings is 2. The van der Waals surface area contributed by atoms with Crippen molar-refractivity contribution in [3.63, 3.8) is 0 Å². The number of anilines is 2. The molecule has 5 N–H and O–H groups in total. The highest BCUT2D eigenvalue weighted by molar-refractivity contribution is 7.09. The standard InChI is InChI=1S/C25H24N8O2S/c26-23-22(25(35)31-19-5-2-10-27-12-19)32-20(13-28-23)17-3-1-4-18(11-17)30-24(34)16-8-6-15(7-9-16)21-14-29-33-36-21/h1,3-4,6-9,11,13-14,19,27H,2,5,10,12H2,(H2,26,28)(H,30,34)(H,31,35)/t19-/m0/s1. The van der Waals surface area contributed by atoms with Crippen LogP contribution in [-0.2, 0) is 0 Å². The van der Waals surface area contributed by atoms with Crippen molar-refractivity contribution >= 4 is 34.9 Å². The van der Waals surface area contributed by atoms with Gasteiger partial charge in [0.2, 0.25) is 0 Å². The van der Waals surface area contributed by atoms with Crippen molar-refractivity contribution in [2.75, 3.05) is 24.1 Å². The van der Waals surface area contributed by atoms with Gasteiger partial charge in [0.15, 0.2) is 11.5 Å². The molecular weight excluding hydrogens is 476 g/mol. The number of carbonyl (C=O) groups is 2. The van der Waals surface area contributed by atoms with E-state index >= 15 is 0 Å². The second-order valence-electron chi connectivity index (χ2n) is 8.40. The zero-order valence-electron chi connectivity index (χ0n) is 19.3. The van der Waals surface area contributed by atoms with Gasteiger partial charge >= 0.3 is 0 Å². The first-order valence-electron chi connectivity index (χ1n) is 11.5. The molecule has 0 radical (unpaired) electrons. The van der Waals surface area contributed by atoms with Crippen LogP contribution in [0.15, 0.2) is 60.9 Å². The van der Waals surface area contributed by atoms with Crippen LogP contribution in [0.1, 0.15) is 33.7 Å². The number of nitrogens with one attached hydrogen (secondary N) is 3. The molecule has 1 fully saturated rings. The summed E-state index contributed by atoms with van der Waals surface area (Å²) in [7, 11) is 0. The van der Waals surface area contributed by atoms with Gasteiger partial charge in [-0.3, -0.25) is 9.59 Å². The molecule has 0 bridgehead atoms. The Bertz CT molecular complexity index is 1370. The predicted octanol–water partition coefficient (Wildman–Crippen LogP) is 2.98. The van der Waals surface area contributed by atoms with Crippen LogP contribution >= 0.6 is 11.5 Å². The molecule has 0 saturated carbocycles. The lowest BCUT2D eigenvalue weighted by atomic mass is 10.1. The second kappa shape index (κ2) is 10.6. The van der Waals surface area contributed by atoms with E-state index in [1.807, 2.05) is 18.2 Å². The van der Waals surface area contributed by atoms with Gasteiger partial charge in [0.05, 0.1) is 23.0 Å². The quantitative estimate of drug-likeness (QED) is 0.316. The maximum Gasteiger partial charge on any atom is 0.274 e. The summed E-state index contributed by atoms with van der Waals surface area (Å²) < 4.78 is 3.86. The van der Waals surface area contributed by atoms with Gasteiger partial charge in [-0.05, 0) is 60.7 Å². The fraction of sp³-hybridized carbons (Fsp3) is 0.200. The summed E-state index contributed by atoms with van der Waals surface area (Å²) in [6.07, 6.45) is 5.10. The fourth-order valence-corrected chi connectivity index (χ4v) is 4.49. The molecule has 0 aliphatic carbocycles. The number of piperidine rings is 1. The number of nitrogens with zero attached hydrogens (tertiary/aromatic N) is 4. The molecular formula is C25H24N8O2S. The Morgan fingerprint density at radius 3 is 2.67 bits per heavy atom. The predicted molar refractivity (Wildman–Crippen MR) is 139 cm³/mol. The minimum Gasteiger partial charge on any atom is -0.382 e. The van der Waals surface area contributed by atoms with Crippen LogP contribution in [0, 0.1) is 0 Å². The van der Waals surface area contributed by atoms with Crippen molar-refractivity contribution in [2.24, 2.45) is 0 Å². The summed E-state index contributed by atoms with van der Waals surface area (Å²) in [6, 6.07) is 14.5. The summed E-state index contributed by atoms with van der Waals surface area (Å²) in [5, 5.41) is 13.0. The lowest BCUT2D eigenvalue weighted by molar-refractivity contribution is 0.0925. The Morgan fingerprint density at radius 2 is 1.92 bits per heavy atom. The summed E-state index contributed by atoms with van der Waals surface area (Å²) in [5.74, 6) is -0.523. The molecule has 0 unspecified atom stereocenters. The van der Waals surface area contributed by atoms with Crippen LogP contribution in [0.5, 0.6) is 0 Å². The maximum absolute atomic E-state index is 12.8. The summed E-state index contributed by atoms with van der Waals surface area (Å²) >= 11 is 1.30. The van der Waals surface area contributed by atoms with E-state index in [0.717, 1.165) is 29.8 Å². The lowest BCUT2D eigenvalue weighted by Gasteiger charge is -2.23. The first-order chi connectivity index (χ1) is 17.6. The smallest absolute Gasteiger partial charge is 0.274 e. The molecule has 36 heavy (non-hydrogen) atoms. The SMILES string of the molecule is Nc1ncc(-c2cccc(NC(=O)c3ccc(-c4cnns4)cc3)c2)nc1C(=O)N[C@H]1CCCNC1. The molecule has 182 valence electrons. The molecule has 0 spiro atoms. The largest absolute Gasteiger partial charge is 0.382 e.